The summed E-state index contributed by atoms with van der Waals surface area (Å²) in [7, 11) is 2.00. The van der Waals surface area contributed by atoms with Crippen LogP contribution in [-0.4, -0.2) is 66.4 Å². The molecule has 0 aromatic heterocycles. The molecule has 24 heavy (non-hydrogen) atoms. The zero-order valence-electron chi connectivity index (χ0n) is 14.9. The first-order chi connectivity index (χ1) is 11.5. The van der Waals surface area contributed by atoms with Crippen LogP contribution in [0, 0.1) is 6.92 Å². The summed E-state index contributed by atoms with van der Waals surface area (Å²) < 4.78 is 5.86. The van der Waals surface area contributed by atoms with E-state index in [-0.39, 0.29) is 0 Å². The standard InChI is InChI=1S/C18H29N3O2S/c1-4-19-17(20-13-18(22)9-12-24-14-18)21(3)10-11-23-16-8-6-5-7-15(16)2/h5-8,22H,4,9-14H2,1-3H3,(H,19,20). The van der Waals surface area contributed by atoms with Crippen molar-refractivity contribution in [2.24, 2.45) is 4.99 Å². The molecule has 1 atom stereocenters. The lowest BCUT2D eigenvalue weighted by Gasteiger charge is -2.24. The number of aryl methyl sites for hydroxylation is 1. The molecule has 0 spiro atoms. The second-order valence-electron chi connectivity index (χ2n) is 6.23. The van der Waals surface area contributed by atoms with E-state index in [1.54, 1.807) is 11.8 Å². The van der Waals surface area contributed by atoms with Gasteiger partial charge in [-0.05, 0) is 37.7 Å². The molecule has 1 saturated heterocycles. The van der Waals surface area contributed by atoms with Crippen molar-refractivity contribution in [3.63, 3.8) is 0 Å². The van der Waals surface area contributed by atoms with Gasteiger partial charge in [0.15, 0.2) is 5.96 Å². The number of para-hydroxylation sites is 1. The number of hydrogen-bond acceptors (Lipinski definition) is 4. The third-order valence-electron chi connectivity index (χ3n) is 4.08. The van der Waals surface area contributed by atoms with Gasteiger partial charge in [-0.2, -0.15) is 11.8 Å². The average molecular weight is 352 g/mol. The topological polar surface area (TPSA) is 57.1 Å². The van der Waals surface area contributed by atoms with Crippen molar-refractivity contribution in [2.75, 3.05) is 44.8 Å². The average Bonchev–Trinajstić information content (AvgIpc) is 3.00. The van der Waals surface area contributed by atoms with E-state index in [9.17, 15) is 5.11 Å². The molecular formula is C18H29N3O2S. The molecule has 5 nitrogen and oxygen atoms in total. The number of nitrogens with zero attached hydrogens (tertiary/aromatic N) is 2. The van der Waals surface area contributed by atoms with Crippen LogP contribution in [0.4, 0.5) is 0 Å². The van der Waals surface area contributed by atoms with Crippen molar-refractivity contribution in [3.8, 4) is 5.75 Å². The minimum Gasteiger partial charge on any atom is -0.491 e. The Morgan fingerprint density at radius 2 is 2.25 bits per heavy atom. The Labute approximate surface area is 149 Å². The van der Waals surface area contributed by atoms with Crippen LogP contribution in [0.2, 0.25) is 0 Å². The van der Waals surface area contributed by atoms with E-state index in [1.165, 1.54) is 0 Å². The lowest BCUT2D eigenvalue weighted by molar-refractivity contribution is 0.0776. The van der Waals surface area contributed by atoms with Crippen LogP contribution in [0.5, 0.6) is 5.75 Å². The van der Waals surface area contributed by atoms with Crippen molar-refractivity contribution >= 4 is 17.7 Å². The molecule has 0 radical (unpaired) electrons. The number of rotatable bonds is 7. The van der Waals surface area contributed by atoms with Crippen molar-refractivity contribution < 1.29 is 9.84 Å². The largest absolute Gasteiger partial charge is 0.491 e. The van der Waals surface area contributed by atoms with E-state index >= 15 is 0 Å². The highest BCUT2D eigenvalue weighted by molar-refractivity contribution is 7.99. The minimum atomic E-state index is -0.649. The number of aliphatic imine (C=N–C) groups is 1. The number of benzene rings is 1. The summed E-state index contributed by atoms with van der Waals surface area (Å²) in [5, 5.41) is 13.7. The molecule has 0 bridgehead atoms. The maximum atomic E-state index is 10.4. The van der Waals surface area contributed by atoms with Crippen LogP contribution in [-0.2, 0) is 0 Å². The first-order valence-electron chi connectivity index (χ1n) is 8.52. The molecule has 134 valence electrons. The molecule has 0 saturated carbocycles. The highest BCUT2D eigenvalue weighted by Gasteiger charge is 2.31. The zero-order chi connectivity index (χ0) is 17.4. The van der Waals surface area contributed by atoms with Gasteiger partial charge in [-0.1, -0.05) is 18.2 Å². The molecule has 0 aliphatic carbocycles. The number of nitrogens with one attached hydrogen (secondary N) is 1. The van der Waals surface area contributed by atoms with Crippen LogP contribution in [0.15, 0.2) is 29.3 Å². The molecule has 6 heteroatoms. The first-order valence-corrected chi connectivity index (χ1v) is 9.67. The van der Waals surface area contributed by atoms with E-state index in [0.717, 1.165) is 48.3 Å². The van der Waals surface area contributed by atoms with Crippen molar-refractivity contribution in [1.29, 1.82) is 0 Å². The normalized spacial score (nSPS) is 20.9. The van der Waals surface area contributed by atoms with E-state index in [0.29, 0.717) is 13.2 Å². The summed E-state index contributed by atoms with van der Waals surface area (Å²) in [5.74, 6) is 3.53. The molecule has 1 aliphatic rings. The van der Waals surface area contributed by atoms with Gasteiger partial charge in [0.05, 0.1) is 18.7 Å². The van der Waals surface area contributed by atoms with Gasteiger partial charge in [-0.25, -0.2) is 0 Å². The Morgan fingerprint density at radius 1 is 1.46 bits per heavy atom. The highest BCUT2D eigenvalue weighted by Crippen LogP contribution is 2.27. The van der Waals surface area contributed by atoms with E-state index in [2.05, 4.69) is 10.3 Å². The van der Waals surface area contributed by atoms with Crippen molar-refractivity contribution in [2.45, 2.75) is 25.9 Å². The second kappa shape index (κ2) is 9.18. The van der Waals surface area contributed by atoms with Gasteiger partial charge in [0.1, 0.15) is 12.4 Å². The van der Waals surface area contributed by atoms with E-state index < -0.39 is 5.60 Å². The molecule has 1 heterocycles. The van der Waals surface area contributed by atoms with E-state index in [4.69, 9.17) is 4.74 Å². The minimum absolute atomic E-state index is 0.450. The number of ether oxygens (including phenoxy) is 1. The summed E-state index contributed by atoms with van der Waals surface area (Å²) in [4.78, 5) is 6.67. The Balaban J connectivity index is 1.86. The summed E-state index contributed by atoms with van der Waals surface area (Å²) in [5.41, 5.74) is 0.491. The van der Waals surface area contributed by atoms with Gasteiger partial charge < -0.3 is 20.1 Å². The second-order valence-corrected chi connectivity index (χ2v) is 7.34. The quantitative estimate of drug-likeness (QED) is 0.582. The first kappa shape index (κ1) is 18.9. The van der Waals surface area contributed by atoms with Gasteiger partial charge >= 0.3 is 0 Å². The van der Waals surface area contributed by atoms with Crippen LogP contribution in [0.1, 0.15) is 18.9 Å². The fourth-order valence-electron chi connectivity index (χ4n) is 2.53. The maximum Gasteiger partial charge on any atom is 0.193 e. The molecule has 2 N–H and O–H groups in total. The molecule has 2 rings (SSSR count). The monoisotopic (exact) mass is 351 g/mol. The fourth-order valence-corrected chi connectivity index (χ4v) is 3.81. The number of aliphatic hydroxyl groups is 1. The zero-order valence-corrected chi connectivity index (χ0v) is 15.7. The summed E-state index contributed by atoms with van der Waals surface area (Å²) in [6, 6.07) is 8.03. The highest BCUT2D eigenvalue weighted by atomic mass is 32.2. The lowest BCUT2D eigenvalue weighted by Crippen LogP contribution is -2.42. The summed E-state index contributed by atoms with van der Waals surface area (Å²) in [6.45, 7) is 6.66. The van der Waals surface area contributed by atoms with Crippen LogP contribution in [0.25, 0.3) is 0 Å². The smallest absolute Gasteiger partial charge is 0.193 e. The number of guanidine groups is 1. The van der Waals surface area contributed by atoms with Gasteiger partial charge in [0.25, 0.3) is 0 Å². The van der Waals surface area contributed by atoms with Crippen molar-refractivity contribution in [3.05, 3.63) is 29.8 Å². The molecule has 1 aromatic carbocycles. The predicted molar refractivity (Wildman–Crippen MR) is 102 cm³/mol. The number of thioether (sulfide) groups is 1. The van der Waals surface area contributed by atoms with Gasteiger partial charge in [-0.15, -0.1) is 0 Å². The molecule has 1 fully saturated rings. The maximum absolute atomic E-state index is 10.4. The molecule has 0 amide bonds. The number of likely N-dealkylation sites (N-methyl/N-ethyl adjacent to an activating group) is 1. The summed E-state index contributed by atoms with van der Waals surface area (Å²) in [6.07, 6.45) is 0.820. The lowest BCUT2D eigenvalue weighted by atomic mass is 10.1. The van der Waals surface area contributed by atoms with Gasteiger partial charge in [0, 0.05) is 19.3 Å². The Kier molecular flexibility index (Phi) is 7.24. The molecule has 1 unspecified atom stereocenters. The Hall–Kier alpha value is -1.40. The molecule has 1 aliphatic heterocycles. The summed E-state index contributed by atoms with van der Waals surface area (Å²) >= 11 is 1.79. The van der Waals surface area contributed by atoms with Crippen molar-refractivity contribution in [1.82, 2.24) is 10.2 Å². The van der Waals surface area contributed by atoms with Gasteiger partial charge in [-0.3, -0.25) is 4.99 Å². The Bertz CT molecular complexity index is 545. The third-order valence-corrected chi connectivity index (χ3v) is 5.31. The van der Waals surface area contributed by atoms with Crippen LogP contribution in [0.3, 0.4) is 0 Å². The fraction of sp³-hybridized carbons (Fsp3) is 0.611. The third kappa shape index (κ3) is 5.60. The Morgan fingerprint density at radius 3 is 2.92 bits per heavy atom. The molecule has 1 aromatic rings. The number of hydrogen-bond donors (Lipinski definition) is 2. The predicted octanol–water partition coefficient (Wildman–Crippen LogP) is 2.14. The SMILES string of the molecule is CCNC(=NCC1(O)CCSC1)N(C)CCOc1ccccc1C. The van der Waals surface area contributed by atoms with Gasteiger partial charge in [0.2, 0.25) is 0 Å². The van der Waals surface area contributed by atoms with Crippen LogP contribution >= 0.6 is 11.8 Å². The molecular weight excluding hydrogens is 322 g/mol. The van der Waals surface area contributed by atoms with E-state index in [1.807, 2.05) is 50.1 Å². The van der Waals surface area contributed by atoms with Crippen LogP contribution < -0.4 is 10.1 Å².